The van der Waals surface area contributed by atoms with Crippen molar-refractivity contribution in [2.45, 2.75) is 63.7 Å². The van der Waals surface area contributed by atoms with Crippen LogP contribution in [-0.4, -0.2) is 117 Å². The molecule has 2 aromatic rings. The van der Waals surface area contributed by atoms with Gasteiger partial charge in [0.25, 0.3) is 5.56 Å². The van der Waals surface area contributed by atoms with E-state index in [0.29, 0.717) is 52.1 Å². The van der Waals surface area contributed by atoms with Gasteiger partial charge in [-0.15, -0.1) is 0 Å². The highest BCUT2D eigenvalue weighted by molar-refractivity contribution is 7.91. The van der Waals surface area contributed by atoms with Gasteiger partial charge in [-0.3, -0.25) is 14.6 Å². The number of aromatic nitrogens is 1. The Morgan fingerprint density at radius 3 is 2.23 bits per heavy atom. The maximum absolute atomic E-state index is 13.1. The van der Waals surface area contributed by atoms with Gasteiger partial charge in [-0.05, 0) is 51.7 Å². The van der Waals surface area contributed by atoms with E-state index >= 15 is 0 Å². The monoisotopic (exact) mass is 637 g/mol. The molecule has 0 saturated carbocycles. The molecule has 3 saturated heterocycles. The standard InChI is InChI=1S/C29H43N5O7S2/c1-21(2)34-26-7-5-4-6-22(26)18-27(28(34)35)41-29(36)30-23-19-24-8-9-25(20-23)33(24)15-17-43(39,40)16-14-31-10-12-32(13-11-31)42(3,37)38/h4-7,18,21,23-25H,8-17,19-20H2,1-3H3,(H,30,36)/t23-,24-,25+. The van der Waals surface area contributed by atoms with Crippen molar-refractivity contribution < 1.29 is 26.4 Å². The Labute approximate surface area is 253 Å². The number of piperazine rings is 1. The first-order chi connectivity index (χ1) is 20.3. The second-order valence-corrected chi connectivity index (χ2v) is 16.6. The number of nitrogens with one attached hydrogen (secondary N) is 1. The van der Waals surface area contributed by atoms with Crippen molar-refractivity contribution in [3.8, 4) is 5.75 Å². The number of sulfone groups is 1. The van der Waals surface area contributed by atoms with Gasteiger partial charge in [-0.25, -0.2) is 21.6 Å². The van der Waals surface area contributed by atoms with Gasteiger partial charge in [-0.1, -0.05) is 18.2 Å². The molecule has 5 rings (SSSR count). The third kappa shape index (κ3) is 7.59. The van der Waals surface area contributed by atoms with Gasteiger partial charge < -0.3 is 14.6 Å². The summed E-state index contributed by atoms with van der Waals surface area (Å²) in [4.78, 5) is 30.3. The number of sulfonamides is 1. The molecule has 1 aromatic heterocycles. The highest BCUT2D eigenvalue weighted by Gasteiger charge is 2.41. The number of fused-ring (bicyclic) bond motifs is 3. The number of carbonyl (C=O) groups excluding carboxylic acids is 1. The van der Waals surface area contributed by atoms with E-state index in [1.807, 2.05) is 43.0 Å². The minimum Gasteiger partial charge on any atom is -0.404 e. The minimum absolute atomic E-state index is 0.00668. The first kappa shape index (κ1) is 31.9. The Morgan fingerprint density at radius 2 is 1.60 bits per heavy atom. The molecule has 0 aliphatic carbocycles. The lowest BCUT2D eigenvalue weighted by Gasteiger charge is -2.39. The lowest BCUT2D eigenvalue weighted by molar-refractivity contribution is 0.121. The minimum atomic E-state index is -3.27. The van der Waals surface area contributed by atoms with E-state index in [1.165, 1.54) is 10.6 Å². The number of hydrogen-bond acceptors (Lipinski definition) is 9. The van der Waals surface area contributed by atoms with Crippen LogP contribution < -0.4 is 15.6 Å². The van der Waals surface area contributed by atoms with Gasteiger partial charge in [0.15, 0.2) is 15.6 Å². The fraction of sp³-hybridized carbons (Fsp3) is 0.655. The number of amides is 1. The average Bonchev–Trinajstić information content (AvgIpc) is 3.18. The van der Waals surface area contributed by atoms with Gasteiger partial charge in [0, 0.05) is 68.8 Å². The number of hydrogen-bond donors (Lipinski definition) is 1. The number of ether oxygens (including phenoxy) is 1. The molecule has 2 bridgehead atoms. The molecule has 1 amide bonds. The molecule has 4 heterocycles. The Hall–Kier alpha value is -2.52. The summed E-state index contributed by atoms with van der Waals surface area (Å²) in [5.74, 6) is 0.124. The molecule has 14 heteroatoms. The van der Waals surface area contributed by atoms with Gasteiger partial charge in [0.05, 0.1) is 23.3 Å². The molecule has 0 radical (unpaired) electrons. The highest BCUT2D eigenvalue weighted by Crippen LogP contribution is 2.35. The summed E-state index contributed by atoms with van der Waals surface area (Å²) in [6.45, 7) is 6.53. The van der Waals surface area contributed by atoms with Crippen molar-refractivity contribution in [3.63, 3.8) is 0 Å². The summed E-state index contributed by atoms with van der Waals surface area (Å²) in [6, 6.07) is 9.26. The fourth-order valence-corrected chi connectivity index (χ4v) is 8.85. The van der Waals surface area contributed by atoms with Crippen LogP contribution in [-0.2, 0) is 19.9 Å². The van der Waals surface area contributed by atoms with Crippen LogP contribution in [0.2, 0.25) is 0 Å². The quantitative estimate of drug-likeness (QED) is 0.412. The number of benzene rings is 1. The van der Waals surface area contributed by atoms with Gasteiger partial charge in [-0.2, -0.15) is 4.31 Å². The zero-order valence-electron chi connectivity index (χ0n) is 25.1. The molecule has 3 atom stereocenters. The van der Waals surface area contributed by atoms with Crippen LogP contribution in [0.1, 0.15) is 45.6 Å². The topological polar surface area (TPSA) is 138 Å². The first-order valence-electron chi connectivity index (χ1n) is 15.1. The van der Waals surface area contributed by atoms with Gasteiger partial charge >= 0.3 is 6.09 Å². The average molecular weight is 638 g/mol. The SMILES string of the molecule is CC(C)n1c(=O)c(OC(=O)N[C@@H]2C[C@H]3CC[C@@H](C2)N3CCS(=O)(=O)CCN2CCN(S(C)(=O)=O)CC2)cc2ccccc21. The first-order valence-corrected chi connectivity index (χ1v) is 18.7. The Kier molecular flexibility index (Phi) is 9.52. The second-order valence-electron chi connectivity index (χ2n) is 12.3. The summed E-state index contributed by atoms with van der Waals surface area (Å²) >= 11 is 0. The van der Waals surface area contributed by atoms with Crippen LogP contribution in [0.25, 0.3) is 10.9 Å². The van der Waals surface area contributed by atoms with E-state index in [2.05, 4.69) is 10.2 Å². The largest absolute Gasteiger partial charge is 0.413 e. The number of rotatable bonds is 10. The molecule has 12 nitrogen and oxygen atoms in total. The third-order valence-corrected chi connectivity index (χ3v) is 11.9. The predicted octanol–water partition coefficient (Wildman–Crippen LogP) is 1.66. The van der Waals surface area contributed by atoms with E-state index in [1.54, 1.807) is 10.6 Å². The normalized spacial score (nSPS) is 24.0. The lowest BCUT2D eigenvalue weighted by Crippen LogP contribution is -2.52. The molecule has 238 valence electrons. The van der Waals surface area contributed by atoms with Crippen molar-refractivity contribution in [3.05, 3.63) is 40.7 Å². The second kappa shape index (κ2) is 12.8. The lowest BCUT2D eigenvalue weighted by atomic mass is 9.97. The zero-order valence-corrected chi connectivity index (χ0v) is 26.8. The summed E-state index contributed by atoms with van der Waals surface area (Å²) in [7, 11) is -6.49. The van der Waals surface area contributed by atoms with Crippen molar-refractivity contribution in [1.82, 2.24) is 24.0 Å². The molecule has 3 aliphatic heterocycles. The van der Waals surface area contributed by atoms with Crippen molar-refractivity contribution in [1.29, 1.82) is 0 Å². The van der Waals surface area contributed by atoms with Crippen molar-refractivity contribution in [2.24, 2.45) is 0 Å². The van der Waals surface area contributed by atoms with Crippen LogP contribution in [0.5, 0.6) is 5.75 Å². The van der Waals surface area contributed by atoms with Gasteiger partial charge in [0.2, 0.25) is 10.0 Å². The predicted molar refractivity (Wildman–Crippen MR) is 166 cm³/mol. The smallest absolute Gasteiger partial charge is 0.404 e. The molecule has 3 fully saturated rings. The molecule has 1 aromatic carbocycles. The summed E-state index contributed by atoms with van der Waals surface area (Å²) in [6.07, 6.45) is 3.84. The Balaban J connectivity index is 1.11. The molecular weight excluding hydrogens is 594 g/mol. The summed E-state index contributed by atoms with van der Waals surface area (Å²) in [5.41, 5.74) is 0.435. The van der Waals surface area contributed by atoms with Crippen molar-refractivity contribution >= 4 is 36.9 Å². The number of carbonyl (C=O) groups is 1. The van der Waals surface area contributed by atoms with E-state index in [0.717, 1.165) is 23.7 Å². The van der Waals surface area contributed by atoms with Crippen LogP contribution in [0.3, 0.4) is 0 Å². The highest BCUT2D eigenvalue weighted by atomic mass is 32.2. The molecular formula is C29H43N5O7S2. The summed E-state index contributed by atoms with van der Waals surface area (Å²) < 4.78 is 57.7. The van der Waals surface area contributed by atoms with Crippen LogP contribution in [0.15, 0.2) is 35.1 Å². The molecule has 3 aliphatic rings. The van der Waals surface area contributed by atoms with E-state index in [-0.39, 0.29) is 47.0 Å². The zero-order chi connectivity index (χ0) is 30.9. The number of pyridine rings is 1. The number of para-hydroxylation sites is 1. The maximum atomic E-state index is 13.1. The van der Waals surface area contributed by atoms with Crippen LogP contribution in [0, 0.1) is 0 Å². The molecule has 43 heavy (non-hydrogen) atoms. The Morgan fingerprint density at radius 1 is 0.977 bits per heavy atom. The number of nitrogens with zero attached hydrogens (tertiary/aromatic N) is 4. The summed E-state index contributed by atoms with van der Waals surface area (Å²) in [5, 5.41) is 3.77. The van der Waals surface area contributed by atoms with Crippen LogP contribution >= 0.6 is 0 Å². The van der Waals surface area contributed by atoms with Gasteiger partial charge in [0.1, 0.15) is 0 Å². The number of piperidine rings is 1. The van der Waals surface area contributed by atoms with E-state index in [4.69, 9.17) is 4.74 Å². The fourth-order valence-electron chi connectivity index (χ4n) is 6.80. The molecule has 0 unspecified atom stereocenters. The van der Waals surface area contributed by atoms with E-state index < -0.39 is 26.0 Å². The third-order valence-electron chi connectivity index (χ3n) is 9.02. The molecule has 1 N–H and O–H groups in total. The van der Waals surface area contributed by atoms with Crippen LogP contribution in [0.4, 0.5) is 4.79 Å². The molecule has 0 spiro atoms. The Bertz CT molecular complexity index is 1590. The van der Waals surface area contributed by atoms with E-state index in [9.17, 15) is 26.4 Å². The van der Waals surface area contributed by atoms with Crippen molar-refractivity contribution in [2.75, 3.05) is 57.0 Å². The maximum Gasteiger partial charge on any atom is 0.413 e.